The van der Waals surface area contributed by atoms with Crippen LogP contribution in [0.15, 0.2) is 18.2 Å². The van der Waals surface area contributed by atoms with Gasteiger partial charge in [0.1, 0.15) is 5.69 Å². The number of carbonyl (C=O) groups is 1. The van der Waals surface area contributed by atoms with Gasteiger partial charge < -0.3 is 10.6 Å². The molecule has 0 heterocycles. The molecular formula is C11H15N3O3. The SMILES string of the molecule is CCCN(C)C(=O)c1ccc([N+](=O)[O-])c(N)c1. The highest BCUT2D eigenvalue weighted by Crippen LogP contribution is 2.22. The van der Waals surface area contributed by atoms with E-state index in [2.05, 4.69) is 0 Å². The van der Waals surface area contributed by atoms with Crippen LogP contribution in [-0.4, -0.2) is 29.3 Å². The second-order valence-electron chi connectivity index (χ2n) is 3.76. The van der Waals surface area contributed by atoms with Crippen LogP contribution in [0.4, 0.5) is 11.4 Å². The van der Waals surface area contributed by atoms with E-state index in [0.717, 1.165) is 6.42 Å². The summed E-state index contributed by atoms with van der Waals surface area (Å²) in [5.41, 5.74) is 5.71. The third kappa shape index (κ3) is 2.93. The van der Waals surface area contributed by atoms with Crippen LogP contribution in [0, 0.1) is 10.1 Å². The Balaban J connectivity index is 2.97. The van der Waals surface area contributed by atoms with Crippen molar-refractivity contribution in [2.75, 3.05) is 19.3 Å². The predicted octanol–water partition coefficient (Wildman–Crippen LogP) is 1.66. The number of hydrogen-bond donors (Lipinski definition) is 1. The van der Waals surface area contributed by atoms with Gasteiger partial charge >= 0.3 is 0 Å². The van der Waals surface area contributed by atoms with Gasteiger partial charge in [-0.05, 0) is 18.6 Å². The molecule has 0 aliphatic rings. The van der Waals surface area contributed by atoms with Crippen molar-refractivity contribution < 1.29 is 9.72 Å². The van der Waals surface area contributed by atoms with E-state index in [1.807, 2.05) is 6.92 Å². The lowest BCUT2D eigenvalue weighted by Gasteiger charge is -2.16. The van der Waals surface area contributed by atoms with Crippen molar-refractivity contribution in [1.29, 1.82) is 0 Å². The minimum Gasteiger partial charge on any atom is -0.393 e. The molecule has 1 aromatic carbocycles. The van der Waals surface area contributed by atoms with Crippen molar-refractivity contribution in [3.63, 3.8) is 0 Å². The third-order valence-corrected chi connectivity index (χ3v) is 2.38. The van der Waals surface area contributed by atoms with Gasteiger partial charge in [0.05, 0.1) is 4.92 Å². The van der Waals surface area contributed by atoms with Gasteiger partial charge in [0.25, 0.3) is 11.6 Å². The fourth-order valence-corrected chi connectivity index (χ4v) is 1.51. The van der Waals surface area contributed by atoms with Crippen molar-refractivity contribution in [2.45, 2.75) is 13.3 Å². The van der Waals surface area contributed by atoms with Crippen LogP contribution in [0.25, 0.3) is 0 Å². The summed E-state index contributed by atoms with van der Waals surface area (Å²) >= 11 is 0. The van der Waals surface area contributed by atoms with Gasteiger partial charge in [-0.3, -0.25) is 14.9 Å². The molecule has 0 aliphatic carbocycles. The van der Waals surface area contributed by atoms with E-state index in [-0.39, 0.29) is 17.3 Å². The number of nitro benzene ring substituents is 1. The first-order valence-corrected chi connectivity index (χ1v) is 5.26. The Hall–Kier alpha value is -2.11. The summed E-state index contributed by atoms with van der Waals surface area (Å²) in [6, 6.07) is 4.01. The highest BCUT2D eigenvalue weighted by Gasteiger charge is 2.16. The van der Waals surface area contributed by atoms with Gasteiger partial charge in [-0.1, -0.05) is 6.92 Å². The zero-order valence-corrected chi connectivity index (χ0v) is 9.84. The van der Waals surface area contributed by atoms with Gasteiger partial charge in [0.2, 0.25) is 0 Å². The Morgan fingerprint density at radius 1 is 1.53 bits per heavy atom. The molecule has 0 atom stereocenters. The molecule has 17 heavy (non-hydrogen) atoms. The molecule has 0 aliphatic heterocycles. The third-order valence-electron chi connectivity index (χ3n) is 2.38. The zero-order valence-electron chi connectivity index (χ0n) is 9.84. The summed E-state index contributed by atoms with van der Waals surface area (Å²) < 4.78 is 0. The predicted molar refractivity (Wildman–Crippen MR) is 64.8 cm³/mol. The molecule has 6 heteroatoms. The normalized spacial score (nSPS) is 10.0. The maximum atomic E-state index is 11.9. The Morgan fingerprint density at radius 2 is 2.18 bits per heavy atom. The molecule has 0 radical (unpaired) electrons. The van der Waals surface area contributed by atoms with Crippen LogP contribution in [0.1, 0.15) is 23.7 Å². The lowest BCUT2D eigenvalue weighted by atomic mass is 10.1. The van der Waals surface area contributed by atoms with Crippen LogP contribution >= 0.6 is 0 Å². The molecule has 0 spiro atoms. The number of nitro groups is 1. The number of carbonyl (C=O) groups excluding carboxylic acids is 1. The minimum absolute atomic E-state index is 0.00532. The van der Waals surface area contributed by atoms with E-state index < -0.39 is 4.92 Å². The average Bonchev–Trinajstić information content (AvgIpc) is 2.27. The van der Waals surface area contributed by atoms with Gasteiger partial charge in [-0.15, -0.1) is 0 Å². The maximum Gasteiger partial charge on any atom is 0.292 e. The molecule has 92 valence electrons. The molecule has 0 fully saturated rings. The quantitative estimate of drug-likeness (QED) is 0.490. The summed E-state index contributed by atoms with van der Waals surface area (Å²) in [5, 5.41) is 10.6. The van der Waals surface area contributed by atoms with Gasteiger partial charge in [-0.25, -0.2) is 0 Å². The minimum atomic E-state index is -0.570. The van der Waals surface area contributed by atoms with Crippen LogP contribution in [0.5, 0.6) is 0 Å². The van der Waals surface area contributed by atoms with Crippen LogP contribution in [-0.2, 0) is 0 Å². The second-order valence-corrected chi connectivity index (χ2v) is 3.76. The van der Waals surface area contributed by atoms with E-state index in [9.17, 15) is 14.9 Å². The molecule has 0 unspecified atom stereocenters. The number of nitrogen functional groups attached to an aromatic ring is 1. The van der Waals surface area contributed by atoms with E-state index in [1.165, 1.54) is 18.2 Å². The number of rotatable bonds is 4. The summed E-state index contributed by atoms with van der Waals surface area (Å²) in [5.74, 6) is -0.187. The first kappa shape index (κ1) is 13.0. The van der Waals surface area contributed by atoms with Gasteiger partial charge in [0, 0.05) is 25.2 Å². The number of nitrogens with two attached hydrogens (primary N) is 1. The average molecular weight is 237 g/mol. The number of amides is 1. The van der Waals surface area contributed by atoms with Crippen LogP contribution in [0.3, 0.4) is 0 Å². The Labute approximate surface area is 99.2 Å². The Kier molecular flexibility index (Phi) is 4.03. The number of anilines is 1. The van der Waals surface area contributed by atoms with Gasteiger partial charge in [0.15, 0.2) is 0 Å². The monoisotopic (exact) mass is 237 g/mol. The molecule has 0 saturated heterocycles. The number of hydrogen-bond acceptors (Lipinski definition) is 4. The summed E-state index contributed by atoms with van der Waals surface area (Å²) in [4.78, 5) is 23.4. The lowest BCUT2D eigenvalue weighted by molar-refractivity contribution is -0.383. The van der Waals surface area contributed by atoms with E-state index in [1.54, 1.807) is 11.9 Å². The molecule has 0 saturated carbocycles. The molecule has 0 bridgehead atoms. The zero-order chi connectivity index (χ0) is 13.0. The molecule has 1 rings (SSSR count). The Morgan fingerprint density at radius 3 is 2.65 bits per heavy atom. The van der Waals surface area contributed by atoms with Crippen molar-refractivity contribution in [3.05, 3.63) is 33.9 Å². The van der Waals surface area contributed by atoms with E-state index in [0.29, 0.717) is 12.1 Å². The van der Waals surface area contributed by atoms with Gasteiger partial charge in [-0.2, -0.15) is 0 Å². The lowest BCUT2D eigenvalue weighted by Crippen LogP contribution is -2.27. The Bertz CT molecular complexity index is 446. The topological polar surface area (TPSA) is 89.5 Å². The van der Waals surface area contributed by atoms with Crippen LogP contribution < -0.4 is 5.73 Å². The molecule has 1 aromatic rings. The first-order chi connectivity index (χ1) is 7.97. The number of nitrogens with zero attached hydrogens (tertiary/aromatic N) is 2. The molecular weight excluding hydrogens is 222 g/mol. The van der Waals surface area contributed by atoms with Crippen molar-refractivity contribution in [2.24, 2.45) is 0 Å². The highest BCUT2D eigenvalue weighted by molar-refractivity contribution is 5.95. The summed E-state index contributed by atoms with van der Waals surface area (Å²) in [6.45, 7) is 2.60. The fraction of sp³-hybridized carbons (Fsp3) is 0.364. The highest BCUT2D eigenvalue weighted by atomic mass is 16.6. The molecule has 1 amide bonds. The van der Waals surface area contributed by atoms with Crippen molar-refractivity contribution >= 4 is 17.3 Å². The molecule has 6 nitrogen and oxygen atoms in total. The summed E-state index contributed by atoms with van der Waals surface area (Å²) in [7, 11) is 1.68. The fourth-order valence-electron chi connectivity index (χ4n) is 1.51. The van der Waals surface area contributed by atoms with Crippen LogP contribution in [0.2, 0.25) is 0 Å². The van der Waals surface area contributed by atoms with Crippen molar-refractivity contribution in [3.8, 4) is 0 Å². The molecule has 2 N–H and O–H groups in total. The van der Waals surface area contributed by atoms with Crippen molar-refractivity contribution in [1.82, 2.24) is 4.90 Å². The van der Waals surface area contributed by atoms with E-state index >= 15 is 0 Å². The second kappa shape index (κ2) is 5.29. The van der Waals surface area contributed by atoms with E-state index in [4.69, 9.17) is 5.73 Å². The summed E-state index contributed by atoms with van der Waals surface area (Å²) in [6.07, 6.45) is 0.852. The number of benzene rings is 1. The maximum absolute atomic E-state index is 11.9. The standard InChI is InChI=1S/C11H15N3O3/c1-3-6-13(2)11(15)8-4-5-10(14(16)17)9(12)7-8/h4-5,7H,3,6,12H2,1-2H3. The smallest absolute Gasteiger partial charge is 0.292 e. The first-order valence-electron chi connectivity index (χ1n) is 5.26. The largest absolute Gasteiger partial charge is 0.393 e. The molecule has 0 aromatic heterocycles.